The molecular formula is C11H14O3Si. The van der Waals surface area contributed by atoms with Crippen LogP contribution in [0.3, 0.4) is 0 Å². The normalized spacial score (nSPS) is 11.1. The quantitative estimate of drug-likeness (QED) is 0.556. The monoisotopic (exact) mass is 222 g/mol. The summed E-state index contributed by atoms with van der Waals surface area (Å²) in [5.41, 5.74) is 0.824. The van der Waals surface area contributed by atoms with E-state index in [0.29, 0.717) is 0 Å². The fraction of sp³-hybridized carbons (Fsp3) is 0.273. The predicted molar refractivity (Wildman–Crippen MR) is 60.8 cm³/mol. The summed E-state index contributed by atoms with van der Waals surface area (Å²) >= 11 is 0. The first kappa shape index (κ1) is 11.9. The maximum atomic E-state index is 5.34. The van der Waals surface area contributed by atoms with Crippen molar-refractivity contribution in [2.45, 2.75) is 0 Å². The van der Waals surface area contributed by atoms with Gasteiger partial charge in [-0.1, -0.05) is 18.1 Å². The number of benzene rings is 1. The Bertz CT molecular complexity index is 341. The third-order valence-electron chi connectivity index (χ3n) is 2.21. The van der Waals surface area contributed by atoms with E-state index in [0.717, 1.165) is 10.8 Å². The average Bonchev–Trinajstić information content (AvgIpc) is 2.33. The first-order valence-corrected chi connectivity index (χ1v) is 6.17. The Labute approximate surface area is 91.3 Å². The number of rotatable bonds is 4. The summed E-state index contributed by atoms with van der Waals surface area (Å²) in [6.07, 6.45) is 5.27. The maximum absolute atomic E-state index is 5.34. The molecule has 80 valence electrons. The summed E-state index contributed by atoms with van der Waals surface area (Å²) in [5, 5.41) is 0.897. The minimum atomic E-state index is -2.70. The van der Waals surface area contributed by atoms with Crippen molar-refractivity contribution in [2.24, 2.45) is 0 Å². The third kappa shape index (κ3) is 2.28. The van der Waals surface area contributed by atoms with Crippen LogP contribution in [-0.4, -0.2) is 30.1 Å². The molecule has 0 fully saturated rings. The lowest BCUT2D eigenvalue weighted by Gasteiger charge is -2.24. The second kappa shape index (κ2) is 5.10. The molecule has 0 unspecified atom stereocenters. The molecular weight excluding hydrogens is 208 g/mol. The summed E-state index contributed by atoms with van der Waals surface area (Å²) < 4.78 is 16.0. The molecule has 0 heterocycles. The molecule has 0 saturated carbocycles. The van der Waals surface area contributed by atoms with Gasteiger partial charge in [0.25, 0.3) is 0 Å². The zero-order chi connectivity index (χ0) is 11.3. The largest absolute Gasteiger partial charge is 0.536 e. The van der Waals surface area contributed by atoms with Gasteiger partial charge in [0.15, 0.2) is 0 Å². The summed E-state index contributed by atoms with van der Waals surface area (Å²) in [4.78, 5) is 0. The van der Waals surface area contributed by atoms with Gasteiger partial charge in [0.2, 0.25) is 0 Å². The molecule has 0 amide bonds. The van der Waals surface area contributed by atoms with E-state index in [1.54, 1.807) is 21.3 Å². The van der Waals surface area contributed by atoms with Crippen LogP contribution in [0.1, 0.15) is 5.56 Å². The summed E-state index contributed by atoms with van der Waals surface area (Å²) in [7, 11) is 2.04. The summed E-state index contributed by atoms with van der Waals surface area (Å²) in [6.45, 7) is 0. The Balaban J connectivity index is 3.08. The first-order chi connectivity index (χ1) is 7.22. The SMILES string of the molecule is C#Cc1ccc([Si](OC)(OC)OC)cc1. The average molecular weight is 222 g/mol. The second-order valence-electron chi connectivity index (χ2n) is 2.89. The molecule has 4 heteroatoms. The van der Waals surface area contributed by atoms with E-state index in [1.807, 2.05) is 24.3 Å². The molecule has 1 aromatic carbocycles. The molecule has 0 radical (unpaired) electrons. The summed E-state index contributed by atoms with van der Waals surface area (Å²) in [6, 6.07) is 7.43. The minimum Gasteiger partial charge on any atom is -0.373 e. The number of hydrogen-bond acceptors (Lipinski definition) is 3. The molecule has 3 nitrogen and oxygen atoms in total. The highest BCUT2D eigenvalue weighted by atomic mass is 28.4. The smallest absolute Gasteiger partial charge is 0.373 e. The molecule has 0 aliphatic heterocycles. The third-order valence-corrected chi connectivity index (χ3v) is 4.86. The molecule has 0 aromatic heterocycles. The van der Waals surface area contributed by atoms with Crippen LogP contribution in [0.5, 0.6) is 0 Å². The highest BCUT2D eigenvalue weighted by molar-refractivity contribution is 6.75. The molecule has 15 heavy (non-hydrogen) atoms. The Morgan fingerprint density at radius 1 is 1.00 bits per heavy atom. The molecule has 0 aliphatic carbocycles. The van der Waals surface area contributed by atoms with Crippen LogP contribution in [0.2, 0.25) is 0 Å². The van der Waals surface area contributed by atoms with Gasteiger partial charge in [0.1, 0.15) is 0 Å². The van der Waals surface area contributed by atoms with Crippen LogP contribution in [0, 0.1) is 12.3 Å². The van der Waals surface area contributed by atoms with E-state index in [1.165, 1.54) is 0 Å². The molecule has 0 aliphatic rings. The van der Waals surface area contributed by atoms with E-state index in [9.17, 15) is 0 Å². The van der Waals surface area contributed by atoms with E-state index in [2.05, 4.69) is 5.92 Å². The number of terminal acetylenes is 1. The highest BCUT2D eigenvalue weighted by Gasteiger charge is 2.40. The molecule has 0 bridgehead atoms. The second-order valence-corrected chi connectivity index (χ2v) is 5.80. The van der Waals surface area contributed by atoms with E-state index in [4.69, 9.17) is 19.7 Å². The zero-order valence-corrected chi connectivity index (χ0v) is 10.1. The minimum absolute atomic E-state index is 0.824. The molecule has 1 aromatic rings. The van der Waals surface area contributed by atoms with Crippen molar-refractivity contribution in [1.29, 1.82) is 0 Å². The molecule has 1 rings (SSSR count). The molecule has 0 saturated heterocycles. The van der Waals surface area contributed by atoms with Crippen molar-refractivity contribution in [2.75, 3.05) is 21.3 Å². The van der Waals surface area contributed by atoms with Crippen molar-refractivity contribution in [3.8, 4) is 12.3 Å². The Kier molecular flexibility index (Phi) is 4.06. The molecule has 0 atom stereocenters. The lowest BCUT2D eigenvalue weighted by atomic mass is 10.2. The van der Waals surface area contributed by atoms with Crippen molar-refractivity contribution >= 4 is 14.0 Å². The highest BCUT2D eigenvalue weighted by Crippen LogP contribution is 2.07. The topological polar surface area (TPSA) is 27.7 Å². The Morgan fingerprint density at radius 2 is 1.47 bits per heavy atom. The predicted octanol–water partition coefficient (Wildman–Crippen LogP) is 0.753. The molecule has 0 N–H and O–H groups in total. The van der Waals surface area contributed by atoms with Crippen LogP contribution in [0.25, 0.3) is 0 Å². The molecule has 0 spiro atoms. The van der Waals surface area contributed by atoms with Crippen molar-refractivity contribution in [3.63, 3.8) is 0 Å². The van der Waals surface area contributed by atoms with Crippen molar-refractivity contribution < 1.29 is 13.3 Å². The van der Waals surface area contributed by atoms with Crippen LogP contribution in [-0.2, 0) is 13.3 Å². The maximum Gasteiger partial charge on any atom is 0.536 e. The van der Waals surface area contributed by atoms with Crippen molar-refractivity contribution in [3.05, 3.63) is 29.8 Å². The van der Waals surface area contributed by atoms with E-state index >= 15 is 0 Å². The van der Waals surface area contributed by atoms with Crippen molar-refractivity contribution in [1.82, 2.24) is 0 Å². The zero-order valence-electron chi connectivity index (χ0n) is 9.11. The van der Waals surface area contributed by atoms with Crippen LogP contribution < -0.4 is 5.19 Å². The van der Waals surface area contributed by atoms with E-state index < -0.39 is 8.80 Å². The lowest BCUT2D eigenvalue weighted by molar-refractivity contribution is 0.140. The van der Waals surface area contributed by atoms with Crippen LogP contribution in [0.4, 0.5) is 0 Å². The standard InChI is InChI=1S/C11H14O3Si/c1-5-10-6-8-11(9-7-10)15(12-2,13-3)14-4/h1,6-9H,2-4H3. The van der Waals surface area contributed by atoms with Gasteiger partial charge in [-0.3, -0.25) is 0 Å². The van der Waals surface area contributed by atoms with Gasteiger partial charge >= 0.3 is 8.80 Å². The van der Waals surface area contributed by atoms with Crippen LogP contribution >= 0.6 is 0 Å². The first-order valence-electron chi connectivity index (χ1n) is 4.45. The van der Waals surface area contributed by atoms with Gasteiger partial charge in [-0.05, 0) is 12.1 Å². The Hall–Kier alpha value is -1.12. The summed E-state index contributed by atoms with van der Waals surface area (Å²) in [5.74, 6) is 2.55. The van der Waals surface area contributed by atoms with Gasteiger partial charge in [0.05, 0.1) is 0 Å². The number of hydrogen-bond donors (Lipinski definition) is 0. The van der Waals surface area contributed by atoms with Gasteiger partial charge in [-0.15, -0.1) is 6.42 Å². The van der Waals surface area contributed by atoms with Crippen LogP contribution in [0.15, 0.2) is 24.3 Å². The lowest BCUT2D eigenvalue weighted by Crippen LogP contribution is -2.54. The van der Waals surface area contributed by atoms with Gasteiger partial charge in [-0.25, -0.2) is 0 Å². The van der Waals surface area contributed by atoms with E-state index in [-0.39, 0.29) is 0 Å². The van der Waals surface area contributed by atoms with Gasteiger partial charge in [-0.2, -0.15) is 0 Å². The Morgan fingerprint density at radius 3 is 1.80 bits per heavy atom. The fourth-order valence-corrected chi connectivity index (χ4v) is 3.16. The fourth-order valence-electron chi connectivity index (χ4n) is 1.37. The van der Waals surface area contributed by atoms with Gasteiger partial charge < -0.3 is 13.3 Å². The van der Waals surface area contributed by atoms with Gasteiger partial charge in [0, 0.05) is 32.1 Å².